The zero-order valence-corrected chi connectivity index (χ0v) is 13.4. The van der Waals surface area contributed by atoms with Crippen LogP contribution in [-0.4, -0.2) is 29.1 Å². The third-order valence-corrected chi connectivity index (χ3v) is 4.32. The van der Waals surface area contributed by atoms with Crippen LogP contribution >= 0.6 is 0 Å². The highest BCUT2D eigenvalue weighted by Crippen LogP contribution is 2.42. The molecule has 6 nitrogen and oxygen atoms in total. The van der Waals surface area contributed by atoms with Gasteiger partial charge in [0.25, 0.3) is 5.91 Å². The maximum absolute atomic E-state index is 11.2. The molecule has 1 aromatic heterocycles. The summed E-state index contributed by atoms with van der Waals surface area (Å²) in [5, 5.41) is 3.98. The normalized spacial score (nSPS) is 18.2. The van der Waals surface area contributed by atoms with Crippen molar-refractivity contribution < 1.29 is 9.53 Å². The summed E-state index contributed by atoms with van der Waals surface area (Å²) in [6, 6.07) is 9.84. The van der Waals surface area contributed by atoms with E-state index in [1.54, 1.807) is 12.4 Å². The minimum absolute atomic E-state index is 0.0158. The smallest absolute Gasteiger partial charge is 0.278 e. The number of carbonyl (C=O) groups excluding carboxylic acids is 1. The molecule has 2 aliphatic rings. The molecule has 0 saturated heterocycles. The van der Waals surface area contributed by atoms with Crippen molar-refractivity contribution in [1.29, 1.82) is 0 Å². The van der Waals surface area contributed by atoms with E-state index in [1.165, 1.54) is 0 Å². The Morgan fingerprint density at radius 2 is 1.92 bits per heavy atom. The fourth-order valence-corrected chi connectivity index (χ4v) is 3.05. The second kappa shape index (κ2) is 5.26. The van der Waals surface area contributed by atoms with Crippen molar-refractivity contribution in [2.45, 2.75) is 19.3 Å². The highest BCUT2D eigenvalue weighted by molar-refractivity contribution is 6.12. The molecule has 0 saturated carbocycles. The maximum Gasteiger partial charge on any atom is 0.278 e. The molecular weight excluding hydrogens is 304 g/mol. The van der Waals surface area contributed by atoms with Gasteiger partial charge >= 0.3 is 0 Å². The number of amides is 1. The molecule has 0 atom stereocenters. The zero-order chi connectivity index (χ0) is 16.7. The number of rotatable bonds is 2. The van der Waals surface area contributed by atoms with Crippen LogP contribution in [0.1, 0.15) is 30.5 Å². The van der Waals surface area contributed by atoms with Crippen molar-refractivity contribution in [2.75, 3.05) is 6.61 Å². The topological polar surface area (TPSA) is 75.9 Å². The monoisotopic (exact) mass is 320 g/mol. The molecule has 24 heavy (non-hydrogen) atoms. The van der Waals surface area contributed by atoms with Crippen LogP contribution < -0.4 is 5.43 Å². The number of hydrogen-bond donors (Lipinski definition) is 1. The van der Waals surface area contributed by atoms with Crippen molar-refractivity contribution in [3.8, 4) is 0 Å². The fourth-order valence-electron chi connectivity index (χ4n) is 3.05. The van der Waals surface area contributed by atoms with Crippen molar-refractivity contribution in [2.24, 2.45) is 10.1 Å². The summed E-state index contributed by atoms with van der Waals surface area (Å²) in [6.45, 7) is 4.28. The molecule has 120 valence electrons. The van der Waals surface area contributed by atoms with Crippen LogP contribution in [0.3, 0.4) is 0 Å². The van der Waals surface area contributed by atoms with E-state index in [-0.39, 0.29) is 17.9 Å². The van der Waals surface area contributed by atoms with Crippen LogP contribution in [0, 0.1) is 0 Å². The summed E-state index contributed by atoms with van der Waals surface area (Å²) in [5.74, 6) is 0.175. The Labute approximate surface area is 139 Å². The standard InChI is InChI=1S/C18H16N4O2/c1-18(2)13-9-12(17-22-21-15(23)10-24-17)3-4-14(13)20-16(18)11-5-7-19-8-6-11/h3-9H,10H2,1-2H3,(H,21,23). The lowest BCUT2D eigenvalue weighted by atomic mass is 9.78. The second-order valence-electron chi connectivity index (χ2n) is 6.29. The molecule has 0 unspecified atom stereocenters. The fraction of sp³-hybridized carbons (Fsp3) is 0.222. The third-order valence-electron chi connectivity index (χ3n) is 4.32. The number of nitrogens with zero attached hydrogens (tertiary/aromatic N) is 3. The number of carbonyl (C=O) groups is 1. The lowest BCUT2D eigenvalue weighted by molar-refractivity contribution is -0.124. The summed E-state index contributed by atoms with van der Waals surface area (Å²) < 4.78 is 5.41. The number of fused-ring (bicyclic) bond motifs is 1. The van der Waals surface area contributed by atoms with E-state index in [4.69, 9.17) is 9.73 Å². The van der Waals surface area contributed by atoms with Gasteiger partial charge in [0, 0.05) is 23.4 Å². The molecule has 0 bridgehead atoms. The third kappa shape index (κ3) is 2.27. The number of aliphatic imine (C=N–C) groups is 1. The van der Waals surface area contributed by atoms with Crippen molar-refractivity contribution >= 4 is 23.2 Å². The first-order valence-electron chi connectivity index (χ1n) is 7.69. The van der Waals surface area contributed by atoms with Gasteiger partial charge in [-0.05, 0) is 41.5 Å². The van der Waals surface area contributed by atoms with Gasteiger partial charge in [-0.2, -0.15) is 0 Å². The van der Waals surface area contributed by atoms with Gasteiger partial charge in [0.05, 0.1) is 11.4 Å². The summed E-state index contributed by atoms with van der Waals surface area (Å²) >= 11 is 0. The van der Waals surface area contributed by atoms with Gasteiger partial charge in [-0.1, -0.05) is 13.8 Å². The Balaban J connectivity index is 1.74. The number of hydrogen-bond acceptors (Lipinski definition) is 5. The minimum Gasteiger partial charge on any atom is -0.466 e. The van der Waals surface area contributed by atoms with E-state index in [9.17, 15) is 4.79 Å². The number of hydrazone groups is 1. The Kier molecular flexibility index (Phi) is 3.19. The minimum atomic E-state index is -0.247. The van der Waals surface area contributed by atoms with E-state index in [2.05, 4.69) is 29.4 Å². The first-order chi connectivity index (χ1) is 11.6. The molecule has 6 heteroatoms. The zero-order valence-electron chi connectivity index (χ0n) is 13.4. The average Bonchev–Trinajstić information content (AvgIpc) is 2.87. The summed E-state index contributed by atoms with van der Waals surface area (Å²) in [5.41, 5.74) is 7.14. The molecule has 3 heterocycles. The Morgan fingerprint density at radius 1 is 1.12 bits per heavy atom. The van der Waals surface area contributed by atoms with Gasteiger partial charge in [0.15, 0.2) is 6.61 Å². The van der Waals surface area contributed by atoms with Gasteiger partial charge in [-0.3, -0.25) is 14.8 Å². The summed E-state index contributed by atoms with van der Waals surface area (Å²) in [7, 11) is 0. The van der Waals surface area contributed by atoms with Crippen LogP contribution in [0.25, 0.3) is 0 Å². The van der Waals surface area contributed by atoms with Crippen LogP contribution in [-0.2, 0) is 14.9 Å². The van der Waals surface area contributed by atoms with Gasteiger partial charge in [0.1, 0.15) is 0 Å². The second-order valence-corrected chi connectivity index (χ2v) is 6.29. The van der Waals surface area contributed by atoms with E-state index in [0.29, 0.717) is 5.90 Å². The highest BCUT2D eigenvalue weighted by atomic mass is 16.5. The van der Waals surface area contributed by atoms with Gasteiger partial charge in [0.2, 0.25) is 5.90 Å². The molecule has 0 spiro atoms. The highest BCUT2D eigenvalue weighted by Gasteiger charge is 2.36. The molecule has 0 fully saturated rings. The van der Waals surface area contributed by atoms with E-state index in [1.807, 2.05) is 30.3 Å². The van der Waals surface area contributed by atoms with Gasteiger partial charge < -0.3 is 4.74 Å². The molecule has 0 aliphatic carbocycles. The van der Waals surface area contributed by atoms with Gasteiger partial charge in [-0.25, -0.2) is 5.43 Å². The Morgan fingerprint density at radius 3 is 2.62 bits per heavy atom. The van der Waals surface area contributed by atoms with Crippen LogP contribution in [0.5, 0.6) is 0 Å². The van der Waals surface area contributed by atoms with E-state index < -0.39 is 0 Å². The lowest BCUT2D eigenvalue weighted by Crippen LogP contribution is -2.32. The quantitative estimate of drug-likeness (QED) is 0.922. The maximum atomic E-state index is 11.2. The first-order valence-corrected chi connectivity index (χ1v) is 7.69. The van der Waals surface area contributed by atoms with Crippen molar-refractivity contribution in [3.63, 3.8) is 0 Å². The molecule has 0 radical (unpaired) electrons. The molecular formula is C18H16N4O2. The molecule has 4 rings (SSSR count). The Hall–Kier alpha value is -3.02. The molecule has 2 aliphatic heterocycles. The van der Waals surface area contributed by atoms with Crippen molar-refractivity contribution in [3.05, 3.63) is 59.4 Å². The Bertz CT molecular complexity index is 885. The average molecular weight is 320 g/mol. The molecule has 1 amide bonds. The number of nitrogens with one attached hydrogen (secondary N) is 1. The predicted molar refractivity (Wildman–Crippen MR) is 90.5 cm³/mol. The van der Waals surface area contributed by atoms with Gasteiger partial charge in [-0.15, -0.1) is 5.10 Å². The number of aromatic nitrogens is 1. The molecule has 2 aromatic rings. The number of pyridine rings is 1. The lowest BCUT2D eigenvalue weighted by Gasteiger charge is -2.23. The SMILES string of the molecule is CC1(C)C(c2ccncc2)=Nc2ccc(C3=NNC(=O)CO3)cc21. The predicted octanol–water partition coefficient (Wildman–Crippen LogP) is 2.30. The summed E-state index contributed by atoms with van der Waals surface area (Å²) in [4.78, 5) is 20.0. The molecule has 1 aromatic carbocycles. The number of ether oxygens (including phenoxy) is 1. The first kappa shape index (κ1) is 14.6. The van der Waals surface area contributed by atoms with Crippen LogP contribution in [0.4, 0.5) is 5.69 Å². The van der Waals surface area contributed by atoms with Crippen LogP contribution in [0.15, 0.2) is 52.8 Å². The summed E-state index contributed by atoms with van der Waals surface area (Å²) in [6.07, 6.45) is 3.55. The van der Waals surface area contributed by atoms with Crippen LogP contribution in [0.2, 0.25) is 0 Å². The largest absolute Gasteiger partial charge is 0.466 e. The van der Waals surface area contributed by atoms with E-state index >= 15 is 0 Å². The number of benzene rings is 1. The molecule has 1 N–H and O–H groups in total. The van der Waals surface area contributed by atoms with E-state index in [0.717, 1.165) is 28.1 Å². The van der Waals surface area contributed by atoms with Crippen molar-refractivity contribution in [1.82, 2.24) is 10.4 Å².